The van der Waals surface area contributed by atoms with Crippen molar-refractivity contribution < 1.29 is 5.11 Å². The Hall–Kier alpha value is -0.480. The molecule has 0 aromatic carbocycles. The summed E-state index contributed by atoms with van der Waals surface area (Å²) in [5.41, 5.74) is 0.370. The van der Waals surface area contributed by atoms with Gasteiger partial charge in [0.1, 0.15) is 0 Å². The Balaban J connectivity index is 2.32. The van der Waals surface area contributed by atoms with E-state index < -0.39 is 0 Å². The Morgan fingerprint density at radius 2 is 2.18 bits per heavy atom. The maximum Gasteiger partial charge on any atom is 0.0682 e. The maximum absolute atomic E-state index is 9.55. The maximum atomic E-state index is 9.55. The summed E-state index contributed by atoms with van der Waals surface area (Å²) >= 11 is 0. The molecule has 1 aliphatic carbocycles. The summed E-state index contributed by atoms with van der Waals surface area (Å²) in [5, 5.41) is 9.55. The van der Waals surface area contributed by atoms with Gasteiger partial charge in [0.25, 0.3) is 0 Å². The summed E-state index contributed by atoms with van der Waals surface area (Å²) in [7, 11) is 0. The predicted octanol–water partition coefficient (Wildman–Crippen LogP) is 1.81. The lowest BCUT2D eigenvalue weighted by atomic mass is 10.0. The molecule has 62 valence electrons. The van der Waals surface area contributed by atoms with E-state index in [4.69, 9.17) is 0 Å². The van der Waals surface area contributed by atoms with Gasteiger partial charge in [0.05, 0.1) is 6.10 Å². The van der Waals surface area contributed by atoms with Gasteiger partial charge in [0, 0.05) is 6.42 Å². The third kappa shape index (κ3) is 1.97. The van der Waals surface area contributed by atoms with Gasteiger partial charge in [-0.05, 0) is 24.7 Å². The van der Waals surface area contributed by atoms with Crippen molar-refractivity contribution in [3.8, 4) is 11.8 Å². The first-order valence-corrected chi connectivity index (χ1v) is 4.15. The molecule has 1 nitrogen and oxygen atoms in total. The third-order valence-corrected chi connectivity index (χ3v) is 2.54. The van der Waals surface area contributed by atoms with Crippen LogP contribution in [0.5, 0.6) is 0 Å². The topological polar surface area (TPSA) is 20.2 Å². The molecule has 1 saturated carbocycles. The normalized spacial score (nSPS) is 28.5. The fourth-order valence-electron chi connectivity index (χ4n) is 1.51. The monoisotopic (exact) mass is 152 g/mol. The molecular weight excluding hydrogens is 136 g/mol. The van der Waals surface area contributed by atoms with Gasteiger partial charge < -0.3 is 5.11 Å². The molecule has 0 aliphatic heterocycles. The highest BCUT2D eigenvalue weighted by Crippen LogP contribution is 2.53. The van der Waals surface area contributed by atoms with Crippen LogP contribution in [0.1, 0.15) is 33.6 Å². The largest absolute Gasteiger partial charge is 0.392 e. The lowest BCUT2D eigenvalue weighted by Crippen LogP contribution is -2.11. The minimum Gasteiger partial charge on any atom is -0.392 e. The SMILES string of the molecule is CC#CCC(O)C1CC1(C)C. The number of hydrogen-bond donors (Lipinski definition) is 1. The fourth-order valence-corrected chi connectivity index (χ4v) is 1.51. The molecule has 0 heterocycles. The highest BCUT2D eigenvalue weighted by Gasteiger charge is 2.49. The number of aliphatic hydroxyl groups excluding tert-OH is 1. The molecule has 0 aromatic heterocycles. The molecule has 2 atom stereocenters. The molecule has 0 radical (unpaired) electrons. The highest BCUT2D eigenvalue weighted by atomic mass is 16.3. The molecule has 1 fully saturated rings. The van der Waals surface area contributed by atoms with E-state index in [-0.39, 0.29) is 6.10 Å². The summed E-state index contributed by atoms with van der Waals surface area (Å²) in [4.78, 5) is 0. The summed E-state index contributed by atoms with van der Waals surface area (Å²) in [6.45, 7) is 6.20. The van der Waals surface area contributed by atoms with Gasteiger partial charge in [-0.1, -0.05) is 13.8 Å². The lowest BCUT2D eigenvalue weighted by molar-refractivity contribution is 0.142. The van der Waals surface area contributed by atoms with Crippen molar-refractivity contribution in [3.05, 3.63) is 0 Å². The number of hydrogen-bond acceptors (Lipinski definition) is 1. The zero-order valence-electron chi connectivity index (χ0n) is 7.52. The first-order valence-electron chi connectivity index (χ1n) is 4.15. The van der Waals surface area contributed by atoms with E-state index in [1.54, 1.807) is 0 Å². The number of aliphatic hydroxyl groups is 1. The van der Waals surface area contributed by atoms with Crippen LogP contribution in [-0.4, -0.2) is 11.2 Å². The fraction of sp³-hybridized carbons (Fsp3) is 0.800. The minimum atomic E-state index is -0.197. The quantitative estimate of drug-likeness (QED) is 0.598. The summed E-state index contributed by atoms with van der Waals surface area (Å²) in [5.74, 6) is 6.19. The van der Waals surface area contributed by atoms with E-state index in [1.807, 2.05) is 6.92 Å². The average Bonchev–Trinajstić information content (AvgIpc) is 2.55. The first kappa shape index (κ1) is 8.62. The molecule has 0 bridgehead atoms. The van der Waals surface area contributed by atoms with Crippen molar-refractivity contribution in [2.24, 2.45) is 11.3 Å². The van der Waals surface area contributed by atoms with E-state index in [2.05, 4.69) is 25.7 Å². The molecular formula is C10H16O. The van der Waals surface area contributed by atoms with Crippen molar-refractivity contribution in [3.63, 3.8) is 0 Å². The van der Waals surface area contributed by atoms with Crippen LogP contribution in [0.15, 0.2) is 0 Å². The Kier molecular flexibility index (Phi) is 2.25. The molecule has 11 heavy (non-hydrogen) atoms. The van der Waals surface area contributed by atoms with Crippen LogP contribution in [0, 0.1) is 23.2 Å². The molecule has 1 rings (SSSR count). The van der Waals surface area contributed by atoms with Gasteiger partial charge in [-0.25, -0.2) is 0 Å². The van der Waals surface area contributed by atoms with Crippen molar-refractivity contribution >= 4 is 0 Å². The van der Waals surface area contributed by atoms with Crippen LogP contribution in [0.25, 0.3) is 0 Å². The van der Waals surface area contributed by atoms with Crippen molar-refractivity contribution in [1.29, 1.82) is 0 Å². The molecule has 2 unspecified atom stereocenters. The Morgan fingerprint density at radius 3 is 2.55 bits per heavy atom. The first-order chi connectivity index (χ1) is 5.08. The van der Waals surface area contributed by atoms with Gasteiger partial charge in [0.2, 0.25) is 0 Å². The third-order valence-electron chi connectivity index (χ3n) is 2.54. The molecule has 0 saturated heterocycles. The zero-order chi connectivity index (χ0) is 8.48. The van der Waals surface area contributed by atoms with Crippen LogP contribution in [0.3, 0.4) is 0 Å². The Bertz CT molecular complexity index is 195. The van der Waals surface area contributed by atoms with E-state index in [1.165, 1.54) is 0 Å². The smallest absolute Gasteiger partial charge is 0.0682 e. The van der Waals surface area contributed by atoms with E-state index >= 15 is 0 Å². The molecule has 0 aromatic rings. The Morgan fingerprint density at radius 1 is 1.64 bits per heavy atom. The van der Waals surface area contributed by atoms with E-state index in [9.17, 15) is 5.11 Å². The van der Waals surface area contributed by atoms with Crippen molar-refractivity contribution in [1.82, 2.24) is 0 Å². The van der Waals surface area contributed by atoms with Gasteiger partial charge in [-0.15, -0.1) is 11.8 Å². The van der Waals surface area contributed by atoms with Crippen LogP contribution < -0.4 is 0 Å². The van der Waals surface area contributed by atoms with Crippen molar-refractivity contribution in [2.45, 2.75) is 39.7 Å². The lowest BCUT2D eigenvalue weighted by Gasteiger charge is -2.07. The number of rotatable bonds is 2. The van der Waals surface area contributed by atoms with Gasteiger partial charge in [-0.2, -0.15) is 0 Å². The molecule has 0 amide bonds. The summed E-state index contributed by atoms with van der Waals surface area (Å²) in [6, 6.07) is 0. The van der Waals surface area contributed by atoms with Gasteiger partial charge in [-0.3, -0.25) is 0 Å². The van der Waals surface area contributed by atoms with E-state index in [0.717, 1.165) is 6.42 Å². The van der Waals surface area contributed by atoms with Crippen LogP contribution in [0.2, 0.25) is 0 Å². The average molecular weight is 152 g/mol. The van der Waals surface area contributed by atoms with Crippen molar-refractivity contribution in [2.75, 3.05) is 0 Å². The molecule has 1 aliphatic rings. The van der Waals surface area contributed by atoms with Gasteiger partial charge >= 0.3 is 0 Å². The molecule has 1 N–H and O–H groups in total. The van der Waals surface area contributed by atoms with Crippen LogP contribution in [0.4, 0.5) is 0 Å². The molecule has 0 spiro atoms. The summed E-state index contributed by atoms with van der Waals surface area (Å²) in [6.07, 6.45) is 1.60. The second kappa shape index (κ2) is 2.87. The minimum absolute atomic E-state index is 0.197. The highest BCUT2D eigenvalue weighted by molar-refractivity contribution is 5.04. The summed E-state index contributed by atoms with van der Waals surface area (Å²) < 4.78 is 0. The second-order valence-corrected chi connectivity index (χ2v) is 4.00. The Labute approximate surface area is 68.8 Å². The van der Waals surface area contributed by atoms with Crippen LogP contribution in [-0.2, 0) is 0 Å². The zero-order valence-corrected chi connectivity index (χ0v) is 7.52. The van der Waals surface area contributed by atoms with Gasteiger partial charge in [0.15, 0.2) is 0 Å². The second-order valence-electron chi connectivity index (χ2n) is 4.00. The predicted molar refractivity (Wildman–Crippen MR) is 46.0 cm³/mol. The van der Waals surface area contributed by atoms with Crippen LogP contribution >= 0.6 is 0 Å². The molecule has 1 heteroatoms. The van der Waals surface area contributed by atoms with E-state index in [0.29, 0.717) is 17.8 Å². The standard InChI is InChI=1S/C10H16O/c1-4-5-6-9(11)8-7-10(8,2)3/h8-9,11H,6-7H2,1-3H3.